The Morgan fingerprint density at radius 2 is 1.36 bits per heavy atom. The summed E-state index contributed by atoms with van der Waals surface area (Å²) in [6.07, 6.45) is 6.13. The normalized spacial score (nSPS) is 16.2. The molecule has 0 spiro atoms. The fourth-order valence-electron chi connectivity index (χ4n) is 7.67. The Kier molecular flexibility index (Phi) is 23.4. The average Bonchev–Trinajstić information content (AvgIpc) is 3.74. The predicted octanol–water partition coefficient (Wildman–Crippen LogP) is 11.4. The molecule has 12 nitrogen and oxygen atoms in total. The first-order valence-corrected chi connectivity index (χ1v) is 27.6. The number of ketones is 2. The summed E-state index contributed by atoms with van der Waals surface area (Å²) in [5, 5.41) is 7.88. The molecule has 2 aliphatic heterocycles. The maximum absolute atomic E-state index is 13.8. The molecule has 3 atom stereocenters. The van der Waals surface area contributed by atoms with Gasteiger partial charge in [-0.2, -0.15) is 4.99 Å². The number of nitrogens with zero attached hydrogens (tertiary/aromatic N) is 4. The molecule has 0 saturated carbocycles. The van der Waals surface area contributed by atoms with Crippen LogP contribution in [0.5, 0.6) is 11.5 Å². The number of aryl methyl sites for hydroxylation is 2. The minimum atomic E-state index is -0.313. The number of rotatable bonds is 16. The number of hydrogen-bond acceptors (Lipinski definition) is 12. The van der Waals surface area contributed by atoms with Crippen LogP contribution in [0, 0.1) is 11.6 Å². The number of halogens is 3. The lowest BCUT2D eigenvalue weighted by Crippen LogP contribution is -2.40. The first kappa shape index (κ1) is 56.4. The number of amidine groups is 1. The number of hydrogen-bond donors (Lipinski definition) is 4. The van der Waals surface area contributed by atoms with Crippen LogP contribution in [0.15, 0.2) is 89.9 Å². The Hall–Kier alpha value is -4.55. The van der Waals surface area contributed by atoms with E-state index in [1.54, 1.807) is 12.1 Å². The second-order valence-corrected chi connectivity index (χ2v) is 20.3. The number of piperidine rings is 2. The molecule has 70 heavy (non-hydrogen) atoms. The van der Waals surface area contributed by atoms with Crippen molar-refractivity contribution in [2.45, 2.75) is 78.4 Å². The zero-order chi connectivity index (χ0) is 50.6. The number of benzene rings is 4. The van der Waals surface area contributed by atoms with Gasteiger partial charge in [0.25, 0.3) is 0 Å². The molecule has 0 bridgehead atoms. The number of carbonyl (C=O) groups is 2. The van der Waals surface area contributed by atoms with Gasteiger partial charge in [0, 0.05) is 41.1 Å². The van der Waals surface area contributed by atoms with Crippen molar-refractivity contribution < 1.29 is 27.8 Å². The number of aliphatic imine (C=N–C) groups is 1. The maximum Gasteiger partial charge on any atom is 0.206 e. The number of anilines is 4. The zero-order valence-corrected chi connectivity index (χ0v) is 45.3. The summed E-state index contributed by atoms with van der Waals surface area (Å²) in [6, 6.07) is 24.3. The lowest BCUT2D eigenvalue weighted by molar-refractivity contribution is 0.0919. The highest BCUT2D eigenvalue weighted by atomic mass is 79.9. The smallest absolute Gasteiger partial charge is 0.206 e. The molecule has 5 aromatic rings. The molecular weight excluding hydrogens is 1030 g/mol. The van der Waals surface area contributed by atoms with Crippen molar-refractivity contribution in [3.8, 4) is 11.5 Å². The minimum Gasteiger partial charge on any atom is -0.489 e. The maximum atomic E-state index is 13.8. The molecule has 0 radical (unpaired) electrons. The van der Waals surface area contributed by atoms with Gasteiger partial charge in [0.1, 0.15) is 46.0 Å². The van der Waals surface area contributed by atoms with Crippen molar-refractivity contribution in [1.82, 2.24) is 14.8 Å². The van der Waals surface area contributed by atoms with Crippen LogP contribution in [-0.2, 0) is 12.8 Å². The minimum absolute atomic E-state index is 0.0188. The molecule has 376 valence electrons. The number of thiocarbonyl (C=S) groups is 1. The number of Topliss-reactive ketones (excluding diaryl/α,β-unsaturated/α-hetero) is 1. The summed E-state index contributed by atoms with van der Waals surface area (Å²) in [7, 11) is 2.58. The number of likely N-dealkylation sites (tertiary alicyclic amines) is 2. The van der Waals surface area contributed by atoms with Gasteiger partial charge < -0.3 is 31.6 Å². The first-order valence-electron chi connectivity index (χ1n) is 23.5. The first-order chi connectivity index (χ1) is 33.7. The Labute approximate surface area is 435 Å². The van der Waals surface area contributed by atoms with E-state index in [2.05, 4.69) is 69.4 Å². The quantitative estimate of drug-likeness (QED) is 0.0185. The number of thioether (sulfide) groups is 1. The largest absolute Gasteiger partial charge is 0.489 e. The van der Waals surface area contributed by atoms with Crippen LogP contribution in [-0.4, -0.2) is 98.9 Å². The molecule has 3 heterocycles. The van der Waals surface area contributed by atoms with Crippen molar-refractivity contribution in [1.29, 1.82) is 0 Å². The van der Waals surface area contributed by atoms with Crippen LogP contribution in [0.3, 0.4) is 0 Å². The molecule has 19 heteroatoms. The van der Waals surface area contributed by atoms with E-state index < -0.39 is 0 Å². The molecule has 2 saturated heterocycles. The number of alkyl halides is 1. The standard InChI is InChI=1S/C25H29FN4O2S.C16H25N4OPS2.C10H10BrFO/c1-3-16-14-17(7-12-21(16)26)22(31)23-24(27)29-25(33-23)28-18-8-10-19(11-9-18)32-20-6-5-13-30(4-2)15-20;1-2-20-9-3-4-14(10-20)21-13-7-5-12(6-8-13)18-16(23)19-15(17)24-11-22;1-2-7-5-8(10(13)6-11)3-4-9(7)12/h7-12,14,20H,3-6,13,15,27H2,1-2H3,(H,28,29);5-8,14H,2-4,9-11,22H2,1H3,(H3,17,18,19,23);3-5H,2,6H2,1H3. The Morgan fingerprint density at radius 1 is 0.843 bits per heavy atom. The number of nitrogen functional groups attached to an aromatic ring is 1. The third-order valence-corrected chi connectivity index (χ3v) is 14.2. The Bertz CT molecular complexity index is 2520. The summed E-state index contributed by atoms with van der Waals surface area (Å²) in [6.45, 7) is 14.5. The van der Waals surface area contributed by atoms with Gasteiger partial charge in [-0.05, 0) is 173 Å². The third-order valence-electron chi connectivity index (χ3n) is 11.5. The van der Waals surface area contributed by atoms with Gasteiger partial charge >= 0.3 is 0 Å². The average molecular weight is 1100 g/mol. The van der Waals surface area contributed by atoms with Crippen molar-refractivity contribution >= 4 is 105 Å². The number of carbonyl (C=O) groups excluding carboxylic acids is 2. The zero-order valence-electron chi connectivity index (χ0n) is 40.1. The van der Waals surface area contributed by atoms with Gasteiger partial charge in [-0.25, -0.2) is 13.8 Å². The third kappa shape index (κ3) is 17.6. The second kappa shape index (κ2) is 29.1. The number of ether oxygens (including phenoxy) is 2. The number of nitrogens with two attached hydrogens (primary N) is 2. The molecule has 1 aromatic heterocycles. The molecule has 4 aromatic carbocycles. The molecular formula is C51H64BrF2N8O4PS3. The van der Waals surface area contributed by atoms with E-state index in [4.69, 9.17) is 33.2 Å². The van der Waals surface area contributed by atoms with Gasteiger partial charge in [0.2, 0.25) is 5.78 Å². The molecule has 2 aliphatic rings. The summed E-state index contributed by atoms with van der Waals surface area (Å²) in [5.41, 5.74) is 16.3. The van der Waals surface area contributed by atoms with Gasteiger partial charge in [0.05, 0.1) is 5.33 Å². The highest BCUT2D eigenvalue weighted by Crippen LogP contribution is 2.31. The van der Waals surface area contributed by atoms with Crippen LogP contribution in [0.1, 0.15) is 90.1 Å². The summed E-state index contributed by atoms with van der Waals surface area (Å²) < 4.78 is 39.0. The highest BCUT2D eigenvalue weighted by molar-refractivity contribution is 9.09. The van der Waals surface area contributed by atoms with E-state index in [1.165, 1.54) is 60.3 Å². The summed E-state index contributed by atoms with van der Waals surface area (Å²) >= 11 is 10.9. The fourth-order valence-corrected chi connectivity index (χ4v) is 9.97. The number of likely N-dealkylation sites (N-methyl/N-ethyl adjacent to an activating group) is 2. The van der Waals surface area contributed by atoms with Crippen molar-refractivity contribution in [2.75, 3.05) is 66.5 Å². The van der Waals surface area contributed by atoms with Crippen LogP contribution >= 0.6 is 60.5 Å². The Balaban J connectivity index is 0.000000215. The van der Waals surface area contributed by atoms with Gasteiger partial charge in [-0.1, -0.05) is 66.7 Å². The second-order valence-electron chi connectivity index (χ2n) is 16.4. The van der Waals surface area contributed by atoms with Gasteiger partial charge in [-0.15, -0.1) is 9.24 Å². The topological polar surface area (TPSA) is 160 Å². The van der Waals surface area contributed by atoms with E-state index in [0.29, 0.717) is 55.4 Å². The summed E-state index contributed by atoms with van der Waals surface area (Å²) in [4.78, 5) is 37.7. The number of thiazole rings is 1. The molecule has 3 unspecified atom stereocenters. The molecule has 0 amide bonds. The van der Waals surface area contributed by atoms with Crippen molar-refractivity contribution in [2.24, 2.45) is 10.7 Å². The molecule has 6 N–H and O–H groups in total. The van der Waals surface area contributed by atoms with E-state index in [-0.39, 0.29) is 46.6 Å². The van der Waals surface area contributed by atoms with Crippen molar-refractivity contribution in [3.63, 3.8) is 0 Å². The lowest BCUT2D eigenvalue weighted by Gasteiger charge is -2.32. The predicted molar refractivity (Wildman–Crippen MR) is 297 cm³/mol. The lowest BCUT2D eigenvalue weighted by atomic mass is 10.0. The van der Waals surface area contributed by atoms with Gasteiger partial charge in [-0.3, -0.25) is 19.4 Å². The SMILES string of the molecule is CCN1CCCC(Oc2ccc(NC(=S)N=C(N)SCP)cc2)C1.CCc1cc(C(=O)CBr)ccc1F.CCc1cc(C(=O)c2sc(Nc3ccc(OC4CCCN(CC)C4)cc3)nc2N)ccc1F. The van der Waals surface area contributed by atoms with Crippen LogP contribution in [0.4, 0.5) is 31.1 Å². The Morgan fingerprint density at radius 3 is 1.86 bits per heavy atom. The molecule has 7 rings (SSSR count). The summed E-state index contributed by atoms with van der Waals surface area (Å²) in [5.74, 6) is 1.05. The highest BCUT2D eigenvalue weighted by Gasteiger charge is 2.22. The van der Waals surface area contributed by atoms with E-state index in [1.807, 2.05) is 62.4 Å². The van der Waals surface area contributed by atoms with Crippen LogP contribution < -0.4 is 31.6 Å². The van der Waals surface area contributed by atoms with Crippen LogP contribution in [0.2, 0.25) is 0 Å². The number of nitrogens with one attached hydrogen (secondary N) is 2. The van der Waals surface area contributed by atoms with Crippen molar-refractivity contribution in [3.05, 3.63) is 124 Å². The number of aromatic nitrogens is 1. The van der Waals surface area contributed by atoms with E-state index >= 15 is 0 Å². The fraction of sp³-hybridized carbons (Fsp3) is 0.392. The van der Waals surface area contributed by atoms with Crippen LogP contribution in [0.25, 0.3) is 0 Å². The molecule has 0 aliphatic carbocycles. The van der Waals surface area contributed by atoms with Gasteiger partial charge in [0.15, 0.2) is 21.2 Å². The van der Waals surface area contributed by atoms with E-state index in [9.17, 15) is 18.4 Å². The van der Waals surface area contributed by atoms with E-state index in [0.717, 1.165) is 80.4 Å². The monoisotopic (exact) mass is 1100 g/mol. The molecule has 2 fully saturated rings.